The molecule has 1 unspecified atom stereocenters. The lowest BCUT2D eigenvalue weighted by molar-refractivity contribution is -0.122. The van der Waals surface area contributed by atoms with Gasteiger partial charge >= 0.3 is 0 Å². The molecule has 1 heterocycles. The van der Waals surface area contributed by atoms with Gasteiger partial charge in [-0.05, 0) is 48.7 Å². The van der Waals surface area contributed by atoms with Crippen molar-refractivity contribution in [2.75, 3.05) is 22.9 Å². The van der Waals surface area contributed by atoms with Gasteiger partial charge < -0.3 is 0 Å². The molecule has 166 valence electrons. The van der Waals surface area contributed by atoms with Crippen molar-refractivity contribution in [3.63, 3.8) is 0 Å². The van der Waals surface area contributed by atoms with Gasteiger partial charge in [0, 0.05) is 19.0 Å². The molecule has 31 heavy (non-hydrogen) atoms. The Hall–Kier alpha value is -2.92. The number of sulfone groups is 1. The Labute approximate surface area is 181 Å². The third-order valence-electron chi connectivity index (χ3n) is 5.01. The first-order chi connectivity index (χ1) is 14.6. The van der Waals surface area contributed by atoms with Gasteiger partial charge in [0.2, 0.25) is 5.91 Å². The summed E-state index contributed by atoms with van der Waals surface area (Å²) in [4.78, 5) is 24.2. The molecule has 1 aliphatic heterocycles. The van der Waals surface area contributed by atoms with Gasteiger partial charge in [-0.2, -0.15) is 0 Å². The van der Waals surface area contributed by atoms with E-state index in [-0.39, 0.29) is 34.3 Å². The number of nitrogens with zero attached hydrogens (tertiary/aromatic N) is 1. The summed E-state index contributed by atoms with van der Waals surface area (Å²) in [5.41, 5.74) is 5.17. The molecule has 1 fully saturated rings. The highest BCUT2D eigenvalue weighted by Crippen LogP contribution is 2.22. The van der Waals surface area contributed by atoms with Crippen molar-refractivity contribution in [2.45, 2.75) is 17.7 Å². The first-order valence-electron chi connectivity index (χ1n) is 9.52. The molecule has 0 radical (unpaired) electrons. The second kappa shape index (κ2) is 9.06. The zero-order valence-electron chi connectivity index (χ0n) is 16.8. The summed E-state index contributed by atoms with van der Waals surface area (Å²) < 4.78 is 49.6. The zero-order valence-corrected chi connectivity index (χ0v) is 18.4. The predicted octanol–water partition coefficient (Wildman–Crippen LogP) is 1.10. The molecule has 0 spiro atoms. The van der Waals surface area contributed by atoms with Gasteiger partial charge in [0.1, 0.15) is 0 Å². The van der Waals surface area contributed by atoms with Gasteiger partial charge in [-0.1, -0.05) is 18.2 Å². The van der Waals surface area contributed by atoms with Crippen molar-refractivity contribution < 1.29 is 26.4 Å². The van der Waals surface area contributed by atoms with E-state index in [0.29, 0.717) is 12.1 Å². The Morgan fingerprint density at radius 2 is 1.68 bits per heavy atom. The molecule has 9 nitrogen and oxygen atoms in total. The van der Waals surface area contributed by atoms with E-state index in [4.69, 9.17) is 0 Å². The molecule has 2 N–H and O–H groups in total. The fourth-order valence-corrected chi connectivity index (χ4v) is 6.32. The molecule has 11 heteroatoms. The van der Waals surface area contributed by atoms with E-state index in [1.54, 1.807) is 30.3 Å². The number of rotatable bonds is 6. The van der Waals surface area contributed by atoms with Crippen LogP contribution in [0, 0.1) is 5.92 Å². The van der Waals surface area contributed by atoms with Crippen LogP contribution in [0.4, 0.5) is 5.69 Å². The summed E-state index contributed by atoms with van der Waals surface area (Å²) in [6, 6.07) is 13.9. The second-order valence-electron chi connectivity index (χ2n) is 7.31. The number of nitrogens with one attached hydrogen (secondary N) is 2. The van der Waals surface area contributed by atoms with E-state index < -0.39 is 31.7 Å². The van der Waals surface area contributed by atoms with Crippen LogP contribution in [-0.4, -0.2) is 47.2 Å². The lowest BCUT2D eigenvalue weighted by atomic mass is 10.1. The lowest BCUT2D eigenvalue weighted by Gasteiger charge is -2.19. The van der Waals surface area contributed by atoms with Crippen molar-refractivity contribution in [3.05, 3.63) is 60.2 Å². The fraction of sp³-hybridized carbons (Fsp3) is 0.300. The number of hydrazine groups is 1. The fourth-order valence-electron chi connectivity index (χ4n) is 3.26. The smallest absolute Gasteiger partial charge is 0.269 e. The van der Waals surface area contributed by atoms with E-state index in [9.17, 15) is 26.4 Å². The highest BCUT2D eigenvalue weighted by molar-refractivity contribution is 7.92. The van der Waals surface area contributed by atoms with E-state index in [2.05, 4.69) is 10.9 Å². The van der Waals surface area contributed by atoms with Gasteiger partial charge in [0.15, 0.2) is 9.84 Å². The highest BCUT2D eigenvalue weighted by Gasteiger charge is 2.29. The molecule has 0 saturated carbocycles. The molecule has 2 aromatic rings. The molecule has 1 aliphatic rings. The Morgan fingerprint density at radius 1 is 1.03 bits per heavy atom. The van der Waals surface area contributed by atoms with Crippen LogP contribution in [0.1, 0.15) is 23.2 Å². The average molecular weight is 466 g/mol. The maximum Gasteiger partial charge on any atom is 0.269 e. The van der Waals surface area contributed by atoms with Crippen LogP contribution < -0.4 is 15.2 Å². The van der Waals surface area contributed by atoms with E-state index >= 15 is 0 Å². The monoisotopic (exact) mass is 465 g/mol. The van der Waals surface area contributed by atoms with Gasteiger partial charge in [-0.25, -0.2) is 16.8 Å². The van der Waals surface area contributed by atoms with E-state index in [1.807, 2.05) is 0 Å². The van der Waals surface area contributed by atoms with Gasteiger partial charge in [-0.15, -0.1) is 0 Å². The molecule has 1 atom stereocenters. The zero-order chi connectivity index (χ0) is 22.6. The maximum atomic E-state index is 12.8. The van der Waals surface area contributed by atoms with Gasteiger partial charge in [-0.3, -0.25) is 24.7 Å². The predicted molar refractivity (Wildman–Crippen MR) is 115 cm³/mol. The molecular weight excluding hydrogens is 442 g/mol. The number of hydrogen-bond acceptors (Lipinski definition) is 6. The van der Waals surface area contributed by atoms with Crippen molar-refractivity contribution in [2.24, 2.45) is 5.92 Å². The standard InChI is InChI=1S/C20H23N3O6S2/c1-23(17-5-3-2-4-6-17)31(28,29)18-9-7-16(8-10-18)20(25)22-21-19(24)13-15-11-12-30(26,27)14-15/h2-10,15H,11-14H2,1H3,(H,21,24)(H,22,25). The maximum absolute atomic E-state index is 12.8. The molecule has 2 amide bonds. The van der Waals surface area contributed by atoms with Crippen molar-refractivity contribution in [1.29, 1.82) is 0 Å². The normalized spacial score (nSPS) is 17.6. The Morgan fingerprint density at radius 3 is 2.26 bits per heavy atom. The van der Waals surface area contributed by atoms with Crippen molar-refractivity contribution >= 4 is 37.4 Å². The van der Waals surface area contributed by atoms with Crippen LogP contribution in [0.15, 0.2) is 59.5 Å². The van der Waals surface area contributed by atoms with Crippen LogP contribution in [0.2, 0.25) is 0 Å². The van der Waals surface area contributed by atoms with Crippen LogP contribution in [0.3, 0.4) is 0 Å². The Bertz CT molecular complexity index is 1160. The minimum atomic E-state index is -3.80. The largest absolute Gasteiger partial charge is 0.273 e. The first-order valence-corrected chi connectivity index (χ1v) is 12.8. The summed E-state index contributed by atoms with van der Waals surface area (Å²) in [6.45, 7) is 0. The number of amides is 2. The number of carbonyl (C=O) groups is 2. The van der Waals surface area contributed by atoms with Gasteiger partial charge in [0.05, 0.1) is 22.1 Å². The number of anilines is 1. The molecule has 1 saturated heterocycles. The first kappa shape index (κ1) is 22.8. The van der Waals surface area contributed by atoms with E-state index in [0.717, 1.165) is 4.31 Å². The number of sulfonamides is 1. The third kappa shape index (κ3) is 5.61. The van der Waals surface area contributed by atoms with Crippen molar-refractivity contribution in [3.8, 4) is 0 Å². The minimum Gasteiger partial charge on any atom is -0.273 e. The number of hydrogen-bond donors (Lipinski definition) is 2. The van der Waals surface area contributed by atoms with Crippen LogP contribution in [-0.2, 0) is 24.7 Å². The quantitative estimate of drug-likeness (QED) is 0.615. The molecule has 0 bridgehead atoms. The third-order valence-corrected chi connectivity index (χ3v) is 8.65. The molecule has 2 aromatic carbocycles. The highest BCUT2D eigenvalue weighted by atomic mass is 32.2. The van der Waals surface area contributed by atoms with Crippen molar-refractivity contribution in [1.82, 2.24) is 10.9 Å². The number of benzene rings is 2. The number of carbonyl (C=O) groups excluding carboxylic acids is 2. The minimum absolute atomic E-state index is 0.00249. The van der Waals surface area contributed by atoms with Gasteiger partial charge in [0.25, 0.3) is 15.9 Å². The van der Waals surface area contributed by atoms with Crippen LogP contribution in [0.25, 0.3) is 0 Å². The van der Waals surface area contributed by atoms with Crippen LogP contribution in [0.5, 0.6) is 0 Å². The summed E-state index contributed by atoms with van der Waals surface area (Å²) in [7, 11) is -5.43. The summed E-state index contributed by atoms with van der Waals surface area (Å²) in [5, 5.41) is 0. The van der Waals surface area contributed by atoms with E-state index in [1.165, 1.54) is 31.3 Å². The summed E-state index contributed by atoms with van der Waals surface area (Å²) in [6.07, 6.45) is 0.430. The summed E-state index contributed by atoms with van der Waals surface area (Å²) in [5.74, 6) is -1.31. The topological polar surface area (TPSA) is 130 Å². The molecular formula is C20H23N3O6S2. The second-order valence-corrected chi connectivity index (χ2v) is 11.5. The Balaban J connectivity index is 1.58. The summed E-state index contributed by atoms with van der Waals surface area (Å²) >= 11 is 0. The lowest BCUT2D eigenvalue weighted by Crippen LogP contribution is -2.42. The van der Waals surface area contributed by atoms with Crippen LogP contribution >= 0.6 is 0 Å². The Kier molecular flexibility index (Phi) is 6.65. The molecule has 0 aromatic heterocycles. The number of para-hydroxylation sites is 1. The SMILES string of the molecule is CN(c1ccccc1)S(=O)(=O)c1ccc(C(=O)NNC(=O)CC2CCS(=O)(=O)C2)cc1. The molecule has 3 rings (SSSR count). The average Bonchev–Trinajstić information content (AvgIpc) is 3.10. The molecule has 0 aliphatic carbocycles.